The lowest BCUT2D eigenvalue weighted by Crippen LogP contribution is -2.06. The summed E-state index contributed by atoms with van der Waals surface area (Å²) < 4.78 is 18.5. The number of pyridine rings is 1. The zero-order valence-electron chi connectivity index (χ0n) is 8.65. The molecule has 5 heteroatoms. The Labute approximate surface area is 92.4 Å². The molecule has 0 radical (unpaired) electrons. The Hall–Kier alpha value is -1.91. The molecule has 0 amide bonds. The largest absolute Gasteiger partial charge is 0.478 e. The minimum absolute atomic E-state index is 0.274. The van der Waals surface area contributed by atoms with Crippen LogP contribution in [0.15, 0.2) is 24.9 Å². The molecule has 0 aliphatic rings. The summed E-state index contributed by atoms with van der Waals surface area (Å²) in [4.78, 5) is 14.2. The summed E-state index contributed by atoms with van der Waals surface area (Å²) in [5.41, 5.74) is -0.436. The fourth-order valence-corrected chi connectivity index (χ4v) is 1.09. The first-order valence-corrected chi connectivity index (χ1v) is 4.78. The third-order valence-corrected chi connectivity index (χ3v) is 1.88. The highest BCUT2D eigenvalue weighted by Gasteiger charge is 2.15. The Morgan fingerprint density at radius 1 is 1.69 bits per heavy atom. The van der Waals surface area contributed by atoms with Gasteiger partial charge in [-0.25, -0.2) is 14.2 Å². The van der Waals surface area contributed by atoms with Crippen molar-refractivity contribution in [3.05, 3.63) is 36.3 Å². The van der Waals surface area contributed by atoms with Crippen LogP contribution in [0.5, 0.6) is 5.88 Å². The van der Waals surface area contributed by atoms with E-state index in [0.717, 1.165) is 12.5 Å². The van der Waals surface area contributed by atoms with Crippen LogP contribution in [0, 0.1) is 5.82 Å². The Kier molecular flexibility index (Phi) is 4.44. The van der Waals surface area contributed by atoms with Crippen molar-refractivity contribution < 1.29 is 19.0 Å². The van der Waals surface area contributed by atoms with Gasteiger partial charge in [0, 0.05) is 6.20 Å². The second-order valence-corrected chi connectivity index (χ2v) is 3.06. The summed E-state index contributed by atoms with van der Waals surface area (Å²) in [6, 6.07) is 1.09. The van der Waals surface area contributed by atoms with Crippen molar-refractivity contribution in [1.29, 1.82) is 0 Å². The number of hydrogen-bond acceptors (Lipinski definition) is 3. The fraction of sp³-hybridized carbons (Fsp3) is 0.273. The lowest BCUT2D eigenvalue weighted by Gasteiger charge is -2.06. The minimum atomic E-state index is -1.34. The van der Waals surface area contributed by atoms with Crippen molar-refractivity contribution in [1.82, 2.24) is 4.98 Å². The maximum atomic E-state index is 13.4. The monoisotopic (exact) mass is 225 g/mol. The van der Waals surface area contributed by atoms with Gasteiger partial charge in [-0.1, -0.05) is 6.08 Å². The van der Waals surface area contributed by atoms with Crippen LogP contribution in [-0.2, 0) is 0 Å². The average molecular weight is 225 g/mol. The highest BCUT2D eigenvalue weighted by Crippen LogP contribution is 2.17. The van der Waals surface area contributed by atoms with Crippen LogP contribution in [0.4, 0.5) is 4.39 Å². The molecule has 1 aromatic heterocycles. The number of aromatic carboxylic acids is 1. The molecule has 16 heavy (non-hydrogen) atoms. The molecule has 0 atom stereocenters. The van der Waals surface area contributed by atoms with Gasteiger partial charge in [0.15, 0.2) is 5.82 Å². The van der Waals surface area contributed by atoms with Crippen LogP contribution in [-0.4, -0.2) is 22.7 Å². The van der Waals surface area contributed by atoms with Crippen LogP contribution in [0.3, 0.4) is 0 Å². The van der Waals surface area contributed by atoms with E-state index in [1.54, 1.807) is 6.08 Å². The van der Waals surface area contributed by atoms with Crippen molar-refractivity contribution in [2.45, 2.75) is 12.8 Å². The summed E-state index contributed by atoms with van der Waals surface area (Å²) in [6.45, 7) is 3.81. The van der Waals surface area contributed by atoms with Gasteiger partial charge in [0.1, 0.15) is 5.56 Å². The number of hydrogen-bond donors (Lipinski definition) is 1. The Morgan fingerprint density at radius 2 is 2.44 bits per heavy atom. The first kappa shape index (κ1) is 12.2. The molecule has 0 bridgehead atoms. The number of nitrogens with zero attached hydrogens (tertiary/aromatic N) is 1. The third-order valence-electron chi connectivity index (χ3n) is 1.88. The summed E-state index contributed by atoms with van der Waals surface area (Å²) in [7, 11) is 0. The quantitative estimate of drug-likeness (QED) is 0.596. The molecule has 0 aliphatic carbocycles. The molecule has 0 saturated heterocycles. The number of halogens is 1. The van der Waals surface area contributed by atoms with Crippen molar-refractivity contribution in [2.24, 2.45) is 0 Å². The smallest absolute Gasteiger partial charge is 0.338 e. The van der Waals surface area contributed by atoms with Gasteiger partial charge in [-0.05, 0) is 18.9 Å². The van der Waals surface area contributed by atoms with Crippen LogP contribution >= 0.6 is 0 Å². The number of carboxylic acid groups (broad SMARTS) is 1. The predicted octanol–water partition coefficient (Wildman–Crippen LogP) is 2.26. The number of carbonyl (C=O) groups is 1. The van der Waals surface area contributed by atoms with Gasteiger partial charge in [-0.15, -0.1) is 6.58 Å². The lowest BCUT2D eigenvalue weighted by molar-refractivity contribution is 0.0690. The van der Waals surface area contributed by atoms with E-state index in [2.05, 4.69) is 11.6 Å². The molecular weight excluding hydrogens is 213 g/mol. The van der Waals surface area contributed by atoms with E-state index in [1.807, 2.05) is 0 Å². The van der Waals surface area contributed by atoms with Crippen molar-refractivity contribution >= 4 is 5.97 Å². The molecule has 0 fully saturated rings. The summed E-state index contributed by atoms with van der Waals surface area (Å²) in [5.74, 6) is -2.55. The molecular formula is C11H12FNO3. The zero-order valence-corrected chi connectivity index (χ0v) is 8.65. The molecule has 4 nitrogen and oxygen atoms in total. The van der Waals surface area contributed by atoms with Gasteiger partial charge in [0.05, 0.1) is 6.61 Å². The third kappa shape index (κ3) is 3.05. The van der Waals surface area contributed by atoms with Crippen molar-refractivity contribution in [3.63, 3.8) is 0 Å². The number of ether oxygens (including phenoxy) is 1. The number of unbranched alkanes of at least 4 members (excludes halogenated alkanes) is 1. The molecule has 0 saturated carbocycles. The fourth-order valence-electron chi connectivity index (χ4n) is 1.09. The summed E-state index contributed by atoms with van der Waals surface area (Å²) in [5, 5.41) is 8.66. The molecule has 0 unspecified atom stereocenters. The topological polar surface area (TPSA) is 59.4 Å². The Balaban J connectivity index is 2.69. The normalized spacial score (nSPS) is 9.81. The second kappa shape index (κ2) is 5.85. The van der Waals surface area contributed by atoms with Crippen LogP contribution in [0.25, 0.3) is 0 Å². The molecule has 0 spiro atoms. The van der Waals surface area contributed by atoms with E-state index in [9.17, 15) is 9.18 Å². The molecule has 1 heterocycles. The summed E-state index contributed by atoms with van der Waals surface area (Å²) in [6.07, 6.45) is 4.36. The average Bonchev–Trinajstić information content (AvgIpc) is 2.26. The van der Waals surface area contributed by atoms with Gasteiger partial charge in [0.2, 0.25) is 0 Å². The molecule has 86 valence electrons. The number of rotatable bonds is 6. The maximum Gasteiger partial charge on any atom is 0.338 e. The minimum Gasteiger partial charge on any atom is -0.478 e. The van der Waals surface area contributed by atoms with Crippen molar-refractivity contribution in [3.8, 4) is 5.88 Å². The van der Waals surface area contributed by atoms with Crippen molar-refractivity contribution in [2.75, 3.05) is 6.61 Å². The first-order chi connectivity index (χ1) is 7.66. The number of aromatic nitrogens is 1. The van der Waals surface area contributed by atoms with Gasteiger partial charge in [-0.2, -0.15) is 0 Å². The van der Waals surface area contributed by atoms with Crippen LogP contribution in [0.2, 0.25) is 0 Å². The van der Waals surface area contributed by atoms with E-state index in [-0.39, 0.29) is 12.5 Å². The highest BCUT2D eigenvalue weighted by atomic mass is 19.1. The van der Waals surface area contributed by atoms with Gasteiger partial charge in [0.25, 0.3) is 5.88 Å². The Bertz CT molecular complexity index is 393. The predicted molar refractivity (Wildman–Crippen MR) is 56.1 cm³/mol. The number of allylic oxidation sites excluding steroid dienone is 1. The first-order valence-electron chi connectivity index (χ1n) is 4.78. The highest BCUT2D eigenvalue weighted by molar-refractivity contribution is 5.88. The standard InChI is InChI=1S/C11H12FNO3/c1-2-3-4-7-16-10-9(12)8(11(14)15)5-6-13-10/h2,5-6H,1,3-4,7H2,(H,14,15). The van der Waals surface area contributed by atoms with Crippen LogP contribution in [0.1, 0.15) is 23.2 Å². The van der Waals surface area contributed by atoms with Gasteiger partial charge < -0.3 is 9.84 Å². The van der Waals surface area contributed by atoms with E-state index in [4.69, 9.17) is 9.84 Å². The second-order valence-electron chi connectivity index (χ2n) is 3.06. The molecule has 0 aliphatic heterocycles. The Morgan fingerprint density at radius 3 is 3.06 bits per heavy atom. The van der Waals surface area contributed by atoms with Gasteiger partial charge in [-0.3, -0.25) is 0 Å². The maximum absolute atomic E-state index is 13.4. The summed E-state index contributed by atoms with van der Waals surface area (Å²) >= 11 is 0. The van der Waals surface area contributed by atoms with Gasteiger partial charge >= 0.3 is 5.97 Å². The van der Waals surface area contributed by atoms with Crippen LogP contribution < -0.4 is 4.74 Å². The lowest BCUT2D eigenvalue weighted by atomic mass is 10.2. The zero-order chi connectivity index (χ0) is 12.0. The van der Waals surface area contributed by atoms with E-state index < -0.39 is 17.3 Å². The number of carboxylic acids is 1. The van der Waals surface area contributed by atoms with E-state index in [0.29, 0.717) is 6.42 Å². The molecule has 1 rings (SSSR count). The van der Waals surface area contributed by atoms with E-state index >= 15 is 0 Å². The van der Waals surface area contributed by atoms with E-state index in [1.165, 1.54) is 6.20 Å². The molecule has 1 N–H and O–H groups in total. The molecule has 1 aromatic rings. The molecule has 0 aromatic carbocycles. The SMILES string of the molecule is C=CCCCOc1nccc(C(=O)O)c1F.